The molecule has 25 nitrogen and oxygen atoms in total. The molecule has 2 amide bonds. The summed E-state index contributed by atoms with van der Waals surface area (Å²) in [5, 5.41) is 36.6. The normalized spacial score (nSPS) is 20.7. The number of nitrogens with one attached hydrogen (secondary N) is 2. The first kappa shape index (κ1) is 59.3. The monoisotopic (exact) mass is 1050 g/mol. The molecule has 386 valence electrons. The maximum atomic E-state index is 12.7. The number of nitrogen functional groups attached to an aromatic ring is 1. The fourth-order valence-electron chi connectivity index (χ4n) is 6.48. The van der Waals surface area contributed by atoms with E-state index in [9.17, 15) is 63.0 Å². The van der Waals surface area contributed by atoms with Crippen molar-refractivity contribution in [2.75, 3.05) is 37.8 Å². The molecular weight excluding hydrogens is 979 g/mol. The molecule has 3 heterocycles. The second kappa shape index (κ2) is 28.7. The number of nitrogens with zero attached hydrogens (tertiary/aromatic N) is 4. The zero-order valence-corrected chi connectivity index (χ0v) is 41.7. The summed E-state index contributed by atoms with van der Waals surface area (Å²) in [7, 11) is -16.4. The number of rotatable bonds is 33. The van der Waals surface area contributed by atoms with Crippen molar-refractivity contribution in [1.29, 1.82) is 0 Å². The number of aliphatic hydroxyl groups excluding tert-OH is 3. The third-order valence-corrected chi connectivity index (χ3v) is 14.2. The summed E-state index contributed by atoms with van der Waals surface area (Å²) in [5.41, 5.74) is 4.26. The number of imidazole rings is 1. The number of unbranched alkanes of at least 4 members (excludes halogenated alkanes) is 7. The van der Waals surface area contributed by atoms with Crippen LogP contribution in [0.5, 0.6) is 0 Å². The van der Waals surface area contributed by atoms with Gasteiger partial charge in [-0.3, -0.25) is 32.5 Å². The zero-order chi connectivity index (χ0) is 50.5. The minimum Gasteiger partial charge on any atom is -0.389 e. The molecule has 2 aromatic rings. The molecule has 11 N–H and O–H groups in total. The van der Waals surface area contributed by atoms with Gasteiger partial charge >= 0.3 is 23.5 Å². The third-order valence-electron chi connectivity index (χ3n) is 10.2. The number of phosphoric acid groups is 3. The first-order chi connectivity index (χ1) is 31.9. The van der Waals surface area contributed by atoms with Gasteiger partial charge < -0.3 is 56.0 Å². The summed E-state index contributed by atoms with van der Waals surface area (Å²) >= 11 is 1.12. The first-order valence-electron chi connectivity index (χ1n) is 22.0. The second-order valence-electron chi connectivity index (χ2n) is 16.5. The molecule has 0 radical (unpaired) electrons. The second-order valence-corrected chi connectivity index (χ2v) is 21.9. The van der Waals surface area contributed by atoms with Gasteiger partial charge in [0.2, 0.25) is 11.8 Å². The van der Waals surface area contributed by atoms with Gasteiger partial charge in [0.1, 0.15) is 36.3 Å². The van der Waals surface area contributed by atoms with Crippen molar-refractivity contribution in [3.05, 3.63) is 37.0 Å². The Balaban J connectivity index is 1.31. The van der Waals surface area contributed by atoms with Crippen molar-refractivity contribution >= 4 is 69.1 Å². The predicted molar refractivity (Wildman–Crippen MR) is 248 cm³/mol. The van der Waals surface area contributed by atoms with Crippen molar-refractivity contribution in [3.63, 3.8) is 0 Å². The largest absolute Gasteiger partial charge is 0.481 e. The van der Waals surface area contributed by atoms with Crippen LogP contribution < -0.4 is 16.4 Å². The molecule has 0 saturated carbocycles. The van der Waals surface area contributed by atoms with Crippen LogP contribution in [0.4, 0.5) is 5.82 Å². The number of hydrogen-bond acceptors (Lipinski definition) is 19. The Morgan fingerprint density at radius 1 is 0.941 bits per heavy atom. The van der Waals surface area contributed by atoms with Crippen molar-refractivity contribution in [3.8, 4) is 0 Å². The number of fused-ring (bicyclic) bond motifs is 1. The molecule has 8 unspecified atom stereocenters. The van der Waals surface area contributed by atoms with Gasteiger partial charge in [0.05, 0.1) is 25.6 Å². The molecule has 0 bridgehead atoms. The fourth-order valence-corrected chi connectivity index (χ4v) is 10.0. The molecule has 1 fully saturated rings. The van der Waals surface area contributed by atoms with Gasteiger partial charge in [-0.15, -0.1) is 0 Å². The average molecular weight is 1050 g/mol. The Bertz CT molecular complexity index is 2130. The molecule has 68 heavy (non-hydrogen) atoms. The van der Waals surface area contributed by atoms with Crippen LogP contribution in [0.2, 0.25) is 0 Å². The maximum absolute atomic E-state index is 12.7. The molecular formula is C39H66N7O18P3S. The van der Waals surface area contributed by atoms with E-state index in [1.165, 1.54) is 13.8 Å². The molecule has 0 aliphatic carbocycles. The highest BCUT2D eigenvalue weighted by Crippen LogP contribution is 2.61. The van der Waals surface area contributed by atoms with Crippen LogP contribution in [-0.4, -0.2) is 134 Å². The summed E-state index contributed by atoms with van der Waals surface area (Å²) < 4.78 is 62.4. The lowest BCUT2D eigenvalue weighted by Gasteiger charge is -2.30. The smallest absolute Gasteiger partial charge is 0.389 e. The predicted octanol–water partition coefficient (Wildman–Crippen LogP) is 3.45. The van der Waals surface area contributed by atoms with E-state index in [0.29, 0.717) is 12.2 Å². The lowest BCUT2D eigenvalue weighted by atomic mass is 9.87. The Morgan fingerprint density at radius 2 is 1.63 bits per heavy atom. The summed E-state index contributed by atoms with van der Waals surface area (Å²) in [4.78, 5) is 88.3. The number of phosphoric ester groups is 3. The number of nitrogens with two attached hydrogens (primary N) is 1. The molecule has 0 spiro atoms. The summed E-state index contributed by atoms with van der Waals surface area (Å²) in [6.07, 6.45) is 10.6. The Labute approximate surface area is 398 Å². The van der Waals surface area contributed by atoms with Crippen molar-refractivity contribution in [2.24, 2.45) is 5.41 Å². The van der Waals surface area contributed by atoms with E-state index in [0.717, 1.165) is 93.2 Å². The van der Waals surface area contributed by atoms with Gasteiger partial charge in [0, 0.05) is 37.1 Å². The van der Waals surface area contributed by atoms with E-state index in [1.807, 2.05) is 18.2 Å². The topological polar surface area (TPSA) is 384 Å². The number of hydrogen-bond donors (Lipinski definition) is 10. The number of aromatic nitrogens is 4. The third kappa shape index (κ3) is 21.6. The van der Waals surface area contributed by atoms with Crippen LogP contribution in [0.1, 0.15) is 104 Å². The van der Waals surface area contributed by atoms with Crippen LogP contribution in [0.25, 0.3) is 11.2 Å². The lowest BCUT2D eigenvalue weighted by molar-refractivity contribution is -0.137. The van der Waals surface area contributed by atoms with Gasteiger partial charge in [-0.2, -0.15) is 4.31 Å². The summed E-state index contributed by atoms with van der Waals surface area (Å²) in [5.74, 6) is -1.09. The molecule has 0 aromatic carbocycles. The number of carbonyl (C=O) groups excluding carboxylic acids is 3. The minimum atomic E-state index is -5.58. The van der Waals surface area contributed by atoms with Gasteiger partial charge in [0.15, 0.2) is 22.8 Å². The highest BCUT2D eigenvalue weighted by Gasteiger charge is 2.50. The zero-order valence-electron chi connectivity index (χ0n) is 38.2. The van der Waals surface area contributed by atoms with Crippen molar-refractivity contribution in [1.82, 2.24) is 30.2 Å². The maximum Gasteiger partial charge on any atom is 0.481 e. The van der Waals surface area contributed by atoms with Crippen LogP contribution >= 0.6 is 35.2 Å². The van der Waals surface area contributed by atoms with Crippen LogP contribution in [0.15, 0.2) is 37.0 Å². The molecule has 1 saturated heterocycles. The van der Waals surface area contributed by atoms with Gasteiger partial charge in [-0.25, -0.2) is 28.6 Å². The number of aliphatic hydroxyl groups is 3. The standard InChI is InChI=1S/C39H66N7O18P3S/c1-4-5-6-7-10-13-16-27(47)17-14-11-8-9-12-15-18-30(49)68-22-21-41-29(48)19-20-42-37(52)34(51)39(2,3)24-61-67(58,59)64-66(56,57)60-23-28-33(63-65(53,54)55)32(50)38(62-28)46-26-45-31-35(40)43-25-44-36(31)46/h7,10,13,16,25-28,32-34,38,47,50-51H,4-6,8-9,11-12,14-15,17-24H2,1-3H3,(H,41,48)(H,42,52)(H,56,57)(H,58,59)(H2,40,43,44)(H2,53,54,55)/b10-7+,16-13+. The molecule has 1 aliphatic rings. The number of thioether (sulfide) groups is 1. The number of carbonyl (C=O) groups is 3. The molecule has 8 atom stereocenters. The highest BCUT2D eigenvalue weighted by molar-refractivity contribution is 8.13. The Hall–Kier alpha value is -3.00. The number of amides is 2. The van der Waals surface area contributed by atoms with E-state index >= 15 is 0 Å². The minimum absolute atomic E-state index is 0.0230. The molecule has 3 rings (SSSR count). The van der Waals surface area contributed by atoms with Crippen LogP contribution in [-0.2, 0) is 50.7 Å². The number of ether oxygens (including phenoxy) is 1. The average Bonchev–Trinajstić information content (AvgIpc) is 3.82. The SMILES string of the molecule is CCCC/C=C/C=C/C(O)CCCCCCCCC(=O)SCCNC(=O)CCNC(=O)C(O)C(C)(C)COP(=O)(O)OP(=O)(O)OCC1OC(n2cnc3c(N)ncnc32)C(O)C1OP(=O)(O)O. The van der Waals surface area contributed by atoms with Gasteiger partial charge in [0.25, 0.3) is 0 Å². The highest BCUT2D eigenvalue weighted by atomic mass is 32.2. The van der Waals surface area contributed by atoms with Gasteiger partial charge in [-0.05, 0) is 19.3 Å². The molecule has 29 heteroatoms. The number of allylic oxidation sites excluding steroid dienone is 3. The quantitative estimate of drug-likeness (QED) is 0.0278. The fraction of sp³-hybridized carbons (Fsp3) is 0.692. The van der Waals surface area contributed by atoms with E-state index in [4.69, 9.17) is 19.5 Å². The molecule has 1 aliphatic heterocycles. The summed E-state index contributed by atoms with van der Waals surface area (Å²) in [6.45, 7) is 2.64. The van der Waals surface area contributed by atoms with E-state index in [1.54, 1.807) is 0 Å². The van der Waals surface area contributed by atoms with Crippen LogP contribution in [0.3, 0.4) is 0 Å². The first-order valence-corrected chi connectivity index (χ1v) is 27.5. The van der Waals surface area contributed by atoms with E-state index in [2.05, 4.69) is 47.4 Å². The van der Waals surface area contributed by atoms with Gasteiger partial charge in [-0.1, -0.05) is 102 Å². The van der Waals surface area contributed by atoms with E-state index < -0.39 is 90.7 Å². The number of anilines is 1. The van der Waals surface area contributed by atoms with E-state index in [-0.39, 0.29) is 41.6 Å². The lowest BCUT2D eigenvalue weighted by Crippen LogP contribution is -2.46. The summed E-state index contributed by atoms with van der Waals surface area (Å²) in [6, 6.07) is 0. The molecule has 2 aromatic heterocycles. The van der Waals surface area contributed by atoms with Crippen molar-refractivity contribution < 1.29 is 85.6 Å². The Kier molecular flexibility index (Phi) is 25.1. The Morgan fingerprint density at radius 3 is 2.34 bits per heavy atom. The van der Waals surface area contributed by atoms with Crippen LogP contribution in [0, 0.1) is 5.41 Å². The van der Waals surface area contributed by atoms with Crippen molar-refractivity contribution in [2.45, 2.75) is 135 Å².